The Balaban J connectivity index is 1.51. The van der Waals surface area contributed by atoms with Crippen LogP contribution in [-0.2, 0) is 17.9 Å². The summed E-state index contributed by atoms with van der Waals surface area (Å²) in [4.78, 5) is 16.4. The quantitative estimate of drug-likeness (QED) is 0.642. The molecule has 2 aromatic carbocycles. The lowest BCUT2D eigenvalue weighted by Gasteiger charge is -2.12. The highest BCUT2D eigenvalue weighted by Gasteiger charge is 2.07. The van der Waals surface area contributed by atoms with E-state index in [0.717, 1.165) is 22.5 Å². The van der Waals surface area contributed by atoms with Crippen LogP contribution in [-0.4, -0.2) is 17.5 Å². The third kappa shape index (κ3) is 5.94. The highest BCUT2D eigenvalue weighted by atomic mass is 16.5. The van der Waals surface area contributed by atoms with Gasteiger partial charge in [0, 0.05) is 30.5 Å². The lowest BCUT2D eigenvalue weighted by Crippen LogP contribution is -2.21. The molecule has 1 aromatic heterocycles. The minimum atomic E-state index is -0.185. The van der Waals surface area contributed by atoms with E-state index in [1.807, 2.05) is 73.7 Å². The van der Waals surface area contributed by atoms with E-state index in [4.69, 9.17) is 4.74 Å². The predicted molar refractivity (Wildman–Crippen MR) is 107 cm³/mol. The molecule has 0 aliphatic rings. The van der Waals surface area contributed by atoms with Crippen molar-refractivity contribution in [3.8, 4) is 5.75 Å². The molecule has 27 heavy (non-hydrogen) atoms. The van der Waals surface area contributed by atoms with Crippen LogP contribution in [0.15, 0.2) is 72.9 Å². The van der Waals surface area contributed by atoms with Crippen molar-refractivity contribution in [2.45, 2.75) is 20.0 Å². The first-order valence-electron chi connectivity index (χ1n) is 8.88. The number of carbonyl (C=O) groups is 1. The SMILES string of the molecule is Cc1ccc(NC(=O)COc2ccccc2CNCc2ccccn2)cc1. The summed E-state index contributed by atoms with van der Waals surface area (Å²) >= 11 is 0. The van der Waals surface area contributed by atoms with E-state index in [1.54, 1.807) is 6.20 Å². The molecule has 0 saturated carbocycles. The van der Waals surface area contributed by atoms with Gasteiger partial charge in [-0.2, -0.15) is 0 Å². The van der Waals surface area contributed by atoms with Gasteiger partial charge in [-0.15, -0.1) is 0 Å². The Morgan fingerprint density at radius 2 is 1.74 bits per heavy atom. The molecule has 138 valence electrons. The standard InChI is InChI=1S/C22H23N3O2/c1-17-9-11-19(12-10-17)25-22(26)16-27-21-8-3-2-6-18(21)14-23-15-20-7-4-5-13-24-20/h2-13,23H,14-16H2,1H3,(H,25,26). The number of anilines is 1. The van der Waals surface area contributed by atoms with Crippen LogP contribution in [0.5, 0.6) is 5.75 Å². The van der Waals surface area contributed by atoms with Crippen molar-refractivity contribution in [1.82, 2.24) is 10.3 Å². The maximum atomic E-state index is 12.1. The minimum absolute atomic E-state index is 0.0366. The molecule has 0 unspecified atom stereocenters. The molecule has 0 radical (unpaired) electrons. The zero-order valence-corrected chi connectivity index (χ0v) is 15.3. The zero-order chi connectivity index (χ0) is 18.9. The molecular weight excluding hydrogens is 338 g/mol. The van der Waals surface area contributed by atoms with Crippen LogP contribution < -0.4 is 15.4 Å². The molecule has 1 amide bonds. The van der Waals surface area contributed by atoms with Gasteiger partial charge in [-0.05, 0) is 37.3 Å². The first-order chi connectivity index (χ1) is 13.2. The van der Waals surface area contributed by atoms with Crippen molar-refractivity contribution in [3.05, 3.63) is 89.7 Å². The van der Waals surface area contributed by atoms with Gasteiger partial charge in [0.2, 0.25) is 0 Å². The van der Waals surface area contributed by atoms with Crippen LogP contribution in [0.1, 0.15) is 16.8 Å². The monoisotopic (exact) mass is 361 g/mol. The second-order valence-corrected chi connectivity index (χ2v) is 6.24. The van der Waals surface area contributed by atoms with Crippen LogP contribution >= 0.6 is 0 Å². The summed E-state index contributed by atoms with van der Waals surface area (Å²) in [6, 6.07) is 21.2. The van der Waals surface area contributed by atoms with Crippen molar-refractivity contribution in [2.24, 2.45) is 0 Å². The summed E-state index contributed by atoms with van der Waals surface area (Å²) in [6.45, 7) is 3.27. The second-order valence-electron chi connectivity index (χ2n) is 6.24. The topological polar surface area (TPSA) is 63.2 Å². The molecule has 0 spiro atoms. The molecule has 0 saturated heterocycles. The minimum Gasteiger partial charge on any atom is -0.483 e. The number of carbonyl (C=O) groups excluding carboxylic acids is 1. The van der Waals surface area contributed by atoms with Gasteiger partial charge < -0.3 is 15.4 Å². The fraction of sp³-hybridized carbons (Fsp3) is 0.182. The molecule has 3 rings (SSSR count). The van der Waals surface area contributed by atoms with Crippen molar-refractivity contribution in [1.29, 1.82) is 0 Å². The number of aryl methyl sites for hydroxylation is 1. The molecule has 0 aliphatic heterocycles. The van der Waals surface area contributed by atoms with Crippen molar-refractivity contribution in [3.63, 3.8) is 0 Å². The molecule has 0 bridgehead atoms. The summed E-state index contributed by atoms with van der Waals surface area (Å²) in [5.74, 6) is 0.514. The van der Waals surface area contributed by atoms with Crippen LogP contribution in [0.3, 0.4) is 0 Å². The fourth-order valence-corrected chi connectivity index (χ4v) is 2.60. The van der Waals surface area contributed by atoms with Gasteiger partial charge in [-0.1, -0.05) is 42.0 Å². The second kappa shape index (κ2) is 9.50. The van der Waals surface area contributed by atoms with Crippen LogP contribution in [0.25, 0.3) is 0 Å². The Labute approximate surface area is 159 Å². The third-order valence-electron chi connectivity index (χ3n) is 4.01. The molecule has 0 atom stereocenters. The summed E-state index contributed by atoms with van der Waals surface area (Å²) in [7, 11) is 0. The van der Waals surface area contributed by atoms with Gasteiger partial charge in [-0.25, -0.2) is 0 Å². The number of hydrogen-bond acceptors (Lipinski definition) is 4. The molecule has 1 heterocycles. The van der Waals surface area contributed by atoms with E-state index in [9.17, 15) is 4.79 Å². The Morgan fingerprint density at radius 3 is 2.52 bits per heavy atom. The number of amides is 1. The highest BCUT2D eigenvalue weighted by molar-refractivity contribution is 5.91. The average molecular weight is 361 g/mol. The average Bonchev–Trinajstić information content (AvgIpc) is 2.70. The van der Waals surface area contributed by atoms with Crippen molar-refractivity contribution >= 4 is 11.6 Å². The van der Waals surface area contributed by atoms with E-state index >= 15 is 0 Å². The maximum Gasteiger partial charge on any atom is 0.262 e. The van der Waals surface area contributed by atoms with E-state index in [0.29, 0.717) is 18.8 Å². The zero-order valence-electron chi connectivity index (χ0n) is 15.3. The van der Waals surface area contributed by atoms with Crippen molar-refractivity contribution in [2.75, 3.05) is 11.9 Å². The van der Waals surface area contributed by atoms with Gasteiger partial charge in [-0.3, -0.25) is 9.78 Å². The molecule has 3 aromatic rings. The van der Waals surface area contributed by atoms with Crippen LogP contribution in [0.4, 0.5) is 5.69 Å². The predicted octanol–water partition coefficient (Wildman–Crippen LogP) is 3.70. The smallest absolute Gasteiger partial charge is 0.262 e. The molecule has 2 N–H and O–H groups in total. The number of ether oxygens (including phenoxy) is 1. The lowest BCUT2D eigenvalue weighted by molar-refractivity contribution is -0.118. The van der Waals surface area contributed by atoms with E-state index < -0.39 is 0 Å². The first-order valence-corrected chi connectivity index (χ1v) is 8.88. The van der Waals surface area contributed by atoms with E-state index in [-0.39, 0.29) is 12.5 Å². The Hall–Kier alpha value is -3.18. The highest BCUT2D eigenvalue weighted by Crippen LogP contribution is 2.18. The summed E-state index contributed by atoms with van der Waals surface area (Å²) < 4.78 is 5.73. The third-order valence-corrected chi connectivity index (χ3v) is 4.01. The summed E-state index contributed by atoms with van der Waals surface area (Å²) in [6.07, 6.45) is 1.78. The Kier molecular flexibility index (Phi) is 6.55. The molecule has 5 nitrogen and oxygen atoms in total. The largest absolute Gasteiger partial charge is 0.483 e. The lowest BCUT2D eigenvalue weighted by atomic mass is 10.2. The Bertz CT molecular complexity index is 864. The van der Waals surface area contributed by atoms with E-state index in [2.05, 4.69) is 15.6 Å². The number of rotatable bonds is 8. The van der Waals surface area contributed by atoms with Crippen molar-refractivity contribution < 1.29 is 9.53 Å². The number of para-hydroxylation sites is 1. The van der Waals surface area contributed by atoms with E-state index in [1.165, 1.54) is 0 Å². The summed E-state index contributed by atoms with van der Waals surface area (Å²) in [5.41, 5.74) is 3.89. The molecule has 5 heteroatoms. The number of nitrogens with one attached hydrogen (secondary N) is 2. The number of pyridine rings is 1. The van der Waals surface area contributed by atoms with Gasteiger partial charge in [0.15, 0.2) is 6.61 Å². The number of hydrogen-bond donors (Lipinski definition) is 2. The Morgan fingerprint density at radius 1 is 0.963 bits per heavy atom. The van der Waals surface area contributed by atoms with Gasteiger partial charge >= 0.3 is 0 Å². The van der Waals surface area contributed by atoms with Gasteiger partial charge in [0.25, 0.3) is 5.91 Å². The summed E-state index contributed by atoms with van der Waals surface area (Å²) in [5, 5.41) is 6.18. The normalized spacial score (nSPS) is 10.4. The maximum absolute atomic E-state index is 12.1. The molecular formula is C22H23N3O2. The fourth-order valence-electron chi connectivity index (χ4n) is 2.60. The van der Waals surface area contributed by atoms with Gasteiger partial charge in [0.05, 0.1) is 5.69 Å². The van der Waals surface area contributed by atoms with Crippen LogP contribution in [0, 0.1) is 6.92 Å². The molecule has 0 fully saturated rings. The first kappa shape index (κ1) is 18.6. The number of aromatic nitrogens is 1. The van der Waals surface area contributed by atoms with Gasteiger partial charge in [0.1, 0.15) is 5.75 Å². The number of benzene rings is 2. The number of nitrogens with zero attached hydrogens (tertiary/aromatic N) is 1. The molecule has 0 aliphatic carbocycles. The van der Waals surface area contributed by atoms with Crippen LogP contribution in [0.2, 0.25) is 0 Å².